The quantitative estimate of drug-likeness (QED) is 0.920. The molecule has 2 aliphatic rings. The van der Waals surface area contributed by atoms with E-state index in [0.29, 0.717) is 30.5 Å². The number of aromatic nitrogens is 3. The second-order valence-electron chi connectivity index (χ2n) is 6.29. The van der Waals surface area contributed by atoms with Crippen LogP contribution in [0.4, 0.5) is 0 Å². The largest absolute Gasteiger partial charge is 0.486 e. The lowest BCUT2D eigenvalue weighted by atomic mass is 10.1. The molecule has 1 aromatic carbocycles. The molecule has 0 fully saturated rings. The molecule has 1 atom stereocenters. The summed E-state index contributed by atoms with van der Waals surface area (Å²) >= 11 is 6.30. The first-order valence-electron chi connectivity index (χ1n) is 8.46. The number of ether oxygens (including phenoxy) is 2. The smallest absolute Gasteiger partial charge is 0.179 e. The summed E-state index contributed by atoms with van der Waals surface area (Å²) in [6, 6.07) is 4.03. The van der Waals surface area contributed by atoms with E-state index in [1.807, 2.05) is 12.1 Å². The molecule has 3 heterocycles. The summed E-state index contributed by atoms with van der Waals surface area (Å²) in [7, 11) is 0. The predicted octanol–water partition coefficient (Wildman–Crippen LogP) is 2.89. The predicted molar refractivity (Wildman–Crippen MR) is 90.7 cm³/mol. The van der Waals surface area contributed by atoms with Gasteiger partial charge in [0.05, 0.1) is 11.1 Å². The van der Waals surface area contributed by atoms with E-state index in [9.17, 15) is 0 Å². The lowest BCUT2D eigenvalue weighted by molar-refractivity contribution is 0.171. The van der Waals surface area contributed by atoms with Crippen molar-refractivity contribution in [1.82, 2.24) is 20.1 Å². The maximum atomic E-state index is 6.30. The Morgan fingerprint density at radius 1 is 1.25 bits per heavy atom. The Kier molecular flexibility index (Phi) is 4.33. The molecule has 0 unspecified atom stereocenters. The fourth-order valence-electron chi connectivity index (χ4n) is 3.28. The molecule has 1 N–H and O–H groups in total. The number of halogens is 1. The molecule has 0 radical (unpaired) electrons. The Morgan fingerprint density at radius 2 is 2.12 bits per heavy atom. The van der Waals surface area contributed by atoms with Gasteiger partial charge in [-0.1, -0.05) is 11.6 Å². The van der Waals surface area contributed by atoms with E-state index in [4.69, 9.17) is 21.1 Å². The van der Waals surface area contributed by atoms with Crippen molar-refractivity contribution in [3.05, 3.63) is 34.4 Å². The first-order chi connectivity index (χ1) is 11.7. The van der Waals surface area contributed by atoms with Crippen molar-refractivity contribution in [2.24, 2.45) is 0 Å². The van der Waals surface area contributed by atoms with Gasteiger partial charge in [-0.05, 0) is 37.5 Å². The molecule has 0 saturated carbocycles. The number of nitrogens with one attached hydrogen (secondary N) is 1. The van der Waals surface area contributed by atoms with Gasteiger partial charge in [-0.25, -0.2) is 0 Å². The van der Waals surface area contributed by atoms with Crippen molar-refractivity contribution in [1.29, 1.82) is 0 Å². The normalized spacial score (nSPS) is 17.4. The minimum absolute atomic E-state index is 0.122. The first-order valence-corrected chi connectivity index (χ1v) is 8.83. The van der Waals surface area contributed by atoms with Gasteiger partial charge in [0, 0.05) is 19.5 Å². The van der Waals surface area contributed by atoms with Gasteiger partial charge in [0.2, 0.25) is 0 Å². The second-order valence-corrected chi connectivity index (χ2v) is 6.69. The number of rotatable bonds is 4. The standard InChI is InChI=1S/C17H21ClN4O2/c1-11(17-21-20-15-4-2-3-5-22(15)17)19-10-12-8-13(18)16-14(9-12)23-6-7-24-16/h8-9,11,19H,2-7,10H2,1H3/t11-/m1/s1. The Labute approximate surface area is 146 Å². The van der Waals surface area contributed by atoms with Crippen molar-refractivity contribution in [3.8, 4) is 11.5 Å². The van der Waals surface area contributed by atoms with Crippen molar-refractivity contribution in [2.75, 3.05) is 13.2 Å². The van der Waals surface area contributed by atoms with Crippen LogP contribution in [-0.2, 0) is 19.5 Å². The minimum atomic E-state index is 0.122. The van der Waals surface area contributed by atoms with Crippen LogP contribution < -0.4 is 14.8 Å². The SMILES string of the molecule is C[C@@H](NCc1cc(Cl)c2c(c1)OCCO2)c1nnc2n1CCCC2. The molecule has 7 heteroatoms. The summed E-state index contributed by atoms with van der Waals surface area (Å²) in [5, 5.41) is 12.8. The average molecular weight is 349 g/mol. The number of hydrogen-bond acceptors (Lipinski definition) is 5. The fourth-order valence-corrected chi connectivity index (χ4v) is 3.57. The number of fused-ring (bicyclic) bond motifs is 2. The van der Waals surface area contributed by atoms with E-state index in [0.717, 1.165) is 35.9 Å². The van der Waals surface area contributed by atoms with E-state index in [2.05, 4.69) is 27.0 Å². The van der Waals surface area contributed by atoms with Crippen molar-refractivity contribution >= 4 is 11.6 Å². The van der Waals surface area contributed by atoms with Crippen LogP contribution in [-0.4, -0.2) is 28.0 Å². The third-order valence-electron chi connectivity index (χ3n) is 4.54. The van der Waals surface area contributed by atoms with Crippen LogP contribution in [0.2, 0.25) is 5.02 Å². The van der Waals surface area contributed by atoms with Crippen molar-refractivity contribution in [2.45, 2.75) is 45.3 Å². The monoisotopic (exact) mass is 348 g/mol. The number of nitrogens with zero attached hydrogens (tertiary/aromatic N) is 3. The minimum Gasteiger partial charge on any atom is -0.486 e. The zero-order chi connectivity index (χ0) is 16.5. The van der Waals surface area contributed by atoms with Crippen LogP contribution in [0.15, 0.2) is 12.1 Å². The lowest BCUT2D eigenvalue weighted by Gasteiger charge is -2.21. The highest BCUT2D eigenvalue weighted by Gasteiger charge is 2.21. The van der Waals surface area contributed by atoms with E-state index in [-0.39, 0.29) is 6.04 Å². The number of aryl methyl sites for hydroxylation is 1. The number of benzene rings is 1. The van der Waals surface area contributed by atoms with Crippen molar-refractivity contribution in [3.63, 3.8) is 0 Å². The third kappa shape index (κ3) is 2.96. The Hall–Kier alpha value is -1.79. The third-order valence-corrected chi connectivity index (χ3v) is 4.83. The highest BCUT2D eigenvalue weighted by Crippen LogP contribution is 2.38. The average Bonchev–Trinajstić information content (AvgIpc) is 3.04. The number of hydrogen-bond donors (Lipinski definition) is 1. The molecular weight excluding hydrogens is 328 g/mol. The zero-order valence-electron chi connectivity index (χ0n) is 13.7. The van der Waals surface area contributed by atoms with Crippen molar-refractivity contribution < 1.29 is 9.47 Å². The van der Waals surface area contributed by atoms with Gasteiger partial charge in [-0.3, -0.25) is 0 Å². The van der Waals surface area contributed by atoms with Gasteiger partial charge in [-0.2, -0.15) is 0 Å². The highest BCUT2D eigenvalue weighted by atomic mass is 35.5. The van der Waals surface area contributed by atoms with E-state index < -0.39 is 0 Å². The fraction of sp³-hybridized carbons (Fsp3) is 0.529. The van der Waals surface area contributed by atoms with Gasteiger partial charge < -0.3 is 19.4 Å². The summed E-state index contributed by atoms with van der Waals surface area (Å²) < 4.78 is 13.4. The molecule has 0 aliphatic carbocycles. The maximum absolute atomic E-state index is 6.30. The molecule has 0 spiro atoms. The Bertz CT molecular complexity index is 746. The summed E-state index contributed by atoms with van der Waals surface area (Å²) in [4.78, 5) is 0. The second kappa shape index (κ2) is 6.61. The Balaban J connectivity index is 1.47. The van der Waals surface area contributed by atoms with Crippen LogP contribution in [0.3, 0.4) is 0 Å². The highest BCUT2D eigenvalue weighted by molar-refractivity contribution is 6.32. The van der Waals surface area contributed by atoms with E-state index >= 15 is 0 Å². The molecular formula is C17H21ClN4O2. The van der Waals surface area contributed by atoms with Crippen LogP contribution in [0.25, 0.3) is 0 Å². The molecule has 128 valence electrons. The molecule has 0 saturated heterocycles. The lowest BCUT2D eigenvalue weighted by Crippen LogP contribution is -2.24. The molecule has 2 aromatic rings. The van der Waals surface area contributed by atoms with E-state index in [1.54, 1.807) is 0 Å². The zero-order valence-corrected chi connectivity index (χ0v) is 14.5. The molecule has 4 rings (SSSR count). The maximum Gasteiger partial charge on any atom is 0.179 e. The summed E-state index contributed by atoms with van der Waals surface area (Å²) in [6.07, 6.45) is 3.43. The molecule has 6 nitrogen and oxygen atoms in total. The summed E-state index contributed by atoms with van der Waals surface area (Å²) in [6.45, 7) is 4.91. The molecule has 1 aromatic heterocycles. The van der Waals surface area contributed by atoms with Gasteiger partial charge in [0.1, 0.15) is 24.9 Å². The van der Waals surface area contributed by atoms with Gasteiger partial charge >= 0.3 is 0 Å². The summed E-state index contributed by atoms with van der Waals surface area (Å²) in [5.41, 5.74) is 1.06. The molecule has 0 amide bonds. The molecule has 2 aliphatic heterocycles. The van der Waals surface area contributed by atoms with Crippen LogP contribution in [0.1, 0.15) is 43.0 Å². The molecule has 24 heavy (non-hydrogen) atoms. The first kappa shape index (κ1) is 15.7. The van der Waals surface area contributed by atoms with Gasteiger partial charge in [0.15, 0.2) is 11.5 Å². The van der Waals surface area contributed by atoms with Crippen LogP contribution >= 0.6 is 11.6 Å². The van der Waals surface area contributed by atoms with Gasteiger partial charge in [0.25, 0.3) is 0 Å². The van der Waals surface area contributed by atoms with Gasteiger partial charge in [-0.15, -0.1) is 10.2 Å². The van der Waals surface area contributed by atoms with Crippen LogP contribution in [0.5, 0.6) is 11.5 Å². The Morgan fingerprint density at radius 3 is 3.04 bits per heavy atom. The van der Waals surface area contributed by atoms with E-state index in [1.165, 1.54) is 12.8 Å². The van der Waals surface area contributed by atoms with Crippen LogP contribution in [0, 0.1) is 0 Å². The summed E-state index contributed by atoms with van der Waals surface area (Å²) in [5.74, 6) is 3.48. The topological polar surface area (TPSA) is 61.2 Å². The molecule has 0 bridgehead atoms.